The number of rotatable bonds is 7. The lowest BCUT2D eigenvalue weighted by molar-refractivity contribution is -0.385. The second-order valence-corrected chi connectivity index (χ2v) is 6.73. The zero-order chi connectivity index (χ0) is 23.3. The van der Waals surface area contributed by atoms with E-state index in [4.69, 9.17) is 18.9 Å². The second-order valence-electron chi connectivity index (χ2n) is 6.73. The van der Waals surface area contributed by atoms with Gasteiger partial charge in [0.1, 0.15) is 6.10 Å². The van der Waals surface area contributed by atoms with E-state index in [9.17, 15) is 29.8 Å². The normalized spacial score (nSPS) is 20.2. The van der Waals surface area contributed by atoms with Crippen LogP contribution in [0.4, 0.5) is 11.4 Å². The number of carbonyl (C=O) groups is 2. The van der Waals surface area contributed by atoms with Crippen molar-refractivity contribution in [2.24, 2.45) is 0 Å². The summed E-state index contributed by atoms with van der Waals surface area (Å²) in [5, 5.41) is 21.5. The van der Waals surface area contributed by atoms with Crippen molar-refractivity contribution in [3.8, 4) is 0 Å². The Morgan fingerprint density at radius 1 is 0.844 bits per heavy atom. The summed E-state index contributed by atoms with van der Waals surface area (Å²) in [4.78, 5) is 45.3. The summed E-state index contributed by atoms with van der Waals surface area (Å²) < 4.78 is 21.5. The van der Waals surface area contributed by atoms with Gasteiger partial charge in [-0.2, -0.15) is 0 Å². The number of ether oxygens (including phenoxy) is 4. The summed E-state index contributed by atoms with van der Waals surface area (Å²) in [5.74, 6) is -1.54. The van der Waals surface area contributed by atoms with Gasteiger partial charge in [0.05, 0.1) is 27.6 Å². The van der Waals surface area contributed by atoms with Crippen LogP contribution in [0.1, 0.15) is 27.1 Å². The largest absolute Gasteiger partial charge is 0.455 e. The maximum atomic E-state index is 12.5. The van der Waals surface area contributed by atoms with Crippen LogP contribution in [-0.2, 0) is 18.9 Å². The second kappa shape index (κ2) is 9.94. The third kappa shape index (κ3) is 5.42. The fraction of sp³-hybridized carbons (Fsp3) is 0.300. The molecule has 3 atom stereocenters. The van der Waals surface area contributed by atoms with Crippen molar-refractivity contribution in [1.29, 1.82) is 0 Å². The van der Waals surface area contributed by atoms with E-state index >= 15 is 0 Å². The molecule has 0 bridgehead atoms. The van der Waals surface area contributed by atoms with Crippen LogP contribution < -0.4 is 0 Å². The molecule has 0 spiro atoms. The van der Waals surface area contributed by atoms with Gasteiger partial charge < -0.3 is 18.9 Å². The lowest BCUT2D eigenvalue weighted by Crippen LogP contribution is -2.46. The van der Waals surface area contributed by atoms with Crippen molar-refractivity contribution in [2.75, 3.05) is 13.7 Å². The SMILES string of the molecule is CO[C@@H]1C[C@@H](OC(=O)c2ccc([N+](=O)[O-])cc2)[C@H](OC(=O)c2ccc([N+](=O)[O-])cc2)CO1. The van der Waals surface area contributed by atoms with E-state index in [1.807, 2.05) is 0 Å². The minimum Gasteiger partial charge on any atom is -0.455 e. The fourth-order valence-electron chi connectivity index (χ4n) is 2.97. The molecule has 3 rings (SSSR count). The molecule has 0 N–H and O–H groups in total. The van der Waals surface area contributed by atoms with Gasteiger partial charge in [0.15, 0.2) is 12.4 Å². The number of esters is 2. The monoisotopic (exact) mass is 446 g/mol. The molecule has 168 valence electrons. The molecule has 0 amide bonds. The Kier molecular flexibility index (Phi) is 7.07. The number of methoxy groups -OCH3 is 1. The van der Waals surface area contributed by atoms with Gasteiger partial charge in [-0.05, 0) is 24.3 Å². The number of carbonyl (C=O) groups excluding carboxylic acids is 2. The van der Waals surface area contributed by atoms with E-state index in [0.29, 0.717) is 0 Å². The lowest BCUT2D eigenvalue weighted by atomic mass is 10.1. The average molecular weight is 446 g/mol. The highest BCUT2D eigenvalue weighted by atomic mass is 16.7. The molecule has 1 aliphatic rings. The van der Waals surface area contributed by atoms with Crippen molar-refractivity contribution in [1.82, 2.24) is 0 Å². The maximum Gasteiger partial charge on any atom is 0.338 e. The highest BCUT2D eigenvalue weighted by molar-refractivity contribution is 5.90. The van der Waals surface area contributed by atoms with Crippen molar-refractivity contribution in [3.63, 3.8) is 0 Å². The Hall–Kier alpha value is -3.90. The van der Waals surface area contributed by atoms with Crippen molar-refractivity contribution in [3.05, 3.63) is 79.9 Å². The highest BCUT2D eigenvalue weighted by Crippen LogP contribution is 2.24. The van der Waals surface area contributed by atoms with Crippen LogP contribution in [0.3, 0.4) is 0 Å². The van der Waals surface area contributed by atoms with E-state index < -0.39 is 40.3 Å². The Morgan fingerprint density at radius 3 is 1.69 bits per heavy atom. The maximum absolute atomic E-state index is 12.5. The standard InChI is InChI=1S/C20H18N2O10/c1-29-18-10-16(31-19(23)12-2-6-14(7-3-12)21(25)26)17(11-30-18)32-20(24)13-4-8-15(9-5-13)22(27)28/h2-9,16-18H,10-11H2,1H3/t16-,17-,18+/m1/s1. The summed E-state index contributed by atoms with van der Waals surface area (Å²) in [6, 6.07) is 9.69. The first-order chi connectivity index (χ1) is 15.3. The van der Waals surface area contributed by atoms with Crippen LogP contribution in [0.25, 0.3) is 0 Å². The van der Waals surface area contributed by atoms with Crippen LogP contribution in [-0.4, -0.2) is 54.0 Å². The average Bonchev–Trinajstić information content (AvgIpc) is 2.80. The molecule has 1 fully saturated rings. The van der Waals surface area contributed by atoms with Crippen LogP contribution in [0.2, 0.25) is 0 Å². The highest BCUT2D eigenvalue weighted by Gasteiger charge is 2.37. The first-order valence-electron chi connectivity index (χ1n) is 9.33. The molecule has 0 aromatic heterocycles. The molecule has 12 nitrogen and oxygen atoms in total. The number of benzene rings is 2. The molecular formula is C20H18N2O10. The van der Waals surface area contributed by atoms with Gasteiger partial charge in [0, 0.05) is 37.8 Å². The van der Waals surface area contributed by atoms with Gasteiger partial charge in [-0.3, -0.25) is 20.2 Å². The Balaban J connectivity index is 1.70. The number of hydrogen-bond donors (Lipinski definition) is 0. The molecule has 0 radical (unpaired) electrons. The topological polar surface area (TPSA) is 157 Å². The number of hydrogen-bond acceptors (Lipinski definition) is 10. The molecule has 32 heavy (non-hydrogen) atoms. The summed E-state index contributed by atoms with van der Waals surface area (Å²) in [6.45, 7) is -0.116. The number of nitrogens with zero attached hydrogens (tertiary/aromatic N) is 2. The molecule has 1 saturated heterocycles. The molecule has 1 aliphatic heterocycles. The van der Waals surface area contributed by atoms with Gasteiger partial charge in [-0.15, -0.1) is 0 Å². The van der Waals surface area contributed by atoms with Crippen molar-refractivity contribution >= 4 is 23.3 Å². The van der Waals surface area contributed by atoms with Gasteiger partial charge >= 0.3 is 11.9 Å². The van der Waals surface area contributed by atoms with Gasteiger partial charge in [-0.1, -0.05) is 0 Å². The predicted molar refractivity (Wildman–Crippen MR) is 106 cm³/mol. The molecular weight excluding hydrogens is 428 g/mol. The molecule has 0 unspecified atom stereocenters. The van der Waals surface area contributed by atoms with E-state index in [1.54, 1.807) is 0 Å². The quantitative estimate of drug-likeness (QED) is 0.352. The summed E-state index contributed by atoms with van der Waals surface area (Å²) in [6.07, 6.45) is -2.50. The first kappa shape index (κ1) is 22.8. The first-order valence-corrected chi connectivity index (χ1v) is 9.33. The number of nitro benzene ring substituents is 2. The smallest absolute Gasteiger partial charge is 0.338 e. The van der Waals surface area contributed by atoms with E-state index in [2.05, 4.69) is 0 Å². The van der Waals surface area contributed by atoms with E-state index in [-0.39, 0.29) is 35.5 Å². The third-order valence-corrected chi connectivity index (χ3v) is 4.69. The number of non-ortho nitro benzene ring substituents is 2. The van der Waals surface area contributed by atoms with Gasteiger partial charge in [0.25, 0.3) is 11.4 Å². The third-order valence-electron chi connectivity index (χ3n) is 4.69. The summed E-state index contributed by atoms with van der Waals surface area (Å²) in [5.41, 5.74) is -0.205. The zero-order valence-electron chi connectivity index (χ0n) is 16.7. The molecule has 0 saturated carbocycles. The number of nitro groups is 2. The molecule has 2 aromatic carbocycles. The zero-order valence-corrected chi connectivity index (χ0v) is 16.7. The Labute approximate surface area is 180 Å². The van der Waals surface area contributed by atoms with Crippen molar-refractivity contribution < 1.29 is 38.4 Å². The molecule has 1 heterocycles. The fourth-order valence-corrected chi connectivity index (χ4v) is 2.97. The summed E-state index contributed by atoms with van der Waals surface area (Å²) >= 11 is 0. The van der Waals surface area contributed by atoms with Crippen LogP contribution in [0.5, 0.6) is 0 Å². The van der Waals surface area contributed by atoms with Crippen LogP contribution in [0.15, 0.2) is 48.5 Å². The van der Waals surface area contributed by atoms with Crippen LogP contribution >= 0.6 is 0 Å². The molecule has 12 heteroatoms. The Bertz CT molecular complexity index is 1010. The minimum atomic E-state index is -0.967. The van der Waals surface area contributed by atoms with Crippen molar-refractivity contribution in [2.45, 2.75) is 24.9 Å². The lowest BCUT2D eigenvalue weighted by Gasteiger charge is -2.34. The van der Waals surface area contributed by atoms with Crippen LogP contribution in [0, 0.1) is 20.2 Å². The van der Waals surface area contributed by atoms with E-state index in [0.717, 1.165) is 0 Å². The van der Waals surface area contributed by atoms with Gasteiger partial charge in [0.2, 0.25) is 0 Å². The van der Waals surface area contributed by atoms with E-state index in [1.165, 1.54) is 55.6 Å². The summed E-state index contributed by atoms with van der Waals surface area (Å²) in [7, 11) is 1.41. The molecule has 0 aliphatic carbocycles. The molecule has 2 aromatic rings. The van der Waals surface area contributed by atoms with Gasteiger partial charge in [-0.25, -0.2) is 9.59 Å². The minimum absolute atomic E-state index is 0.0740. The predicted octanol–water partition coefficient (Wildman–Crippen LogP) is 2.65. The Morgan fingerprint density at radius 2 is 1.28 bits per heavy atom.